The van der Waals surface area contributed by atoms with Crippen LogP contribution in [0.5, 0.6) is 0 Å². The second-order valence-electron chi connectivity index (χ2n) is 12.2. The first kappa shape index (κ1) is 30.3. The number of pyridine rings is 1. The van der Waals surface area contributed by atoms with E-state index in [2.05, 4.69) is 40.9 Å². The van der Waals surface area contributed by atoms with Crippen molar-refractivity contribution < 1.29 is 22.7 Å². The first-order chi connectivity index (χ1) is 20.0. The molecule has 0 spiro atoms. The molecule has 226 valence electrons. The molecule has 3 heterocycles. The summed E-state index contributed by atoms with van der Waals surface area (Å²) in [6.07, 6.45) is 4.07. The predicted octanol–water partition coefficient (Wildman–Crippen LogP) is 7.50. The summed E-state index contributed by atoms with van der Waals surface area (Å²) in [4.78, 5) is 21.5. The van der Waals surface area contributed by atoms with Crippen LogP contribution in [-0.2, 0) is 11.2 Å². The van der Waals surface area contributed by atoms with Gasteiger partial charge in [0.05, 0.1) is 17.6 Å². The summed E-state index contributed by atoms with van der Waals surface area (Å²) in [6, 6.07) is 11.7. The third-order valence-corrected chi connectivity index (χ3v) is 9.36. The number of carbonyl (C=O) groups excluding carboxylic acids is 1. The van der Waals surface area contributed by atoms with Gasteiger partial charge in [-0.05, 0) is 106 Å². The molecule has 1 aromatic heterocycles. The Kier molecular flexibility index (Phi) is 8.78. The highest BCUT2D eigenvalue weighted by Gasteiger charge is 2.62. The largest absolute Gasteiger partial charge is 0.478 e. The maximum absolute atomic E-state index is 13.4. The molecule has 0 radical (unpaired) electrons. The van der Waals surface area contributed by atoms with E-state index >= 15 is 0 Å². The smallest absolute Gasteiger partial charge is 0.394 e. The molecule has 4 bridgehead atoms. The molecule has 11 heteroatoms. The summed E-state index contributed by atoms with van der Waals surface area (Å²) >= 11 is 1.29. The molecule has 1 atom stereocenters. The molecule has 1 amide bonds. The van der Waals surface area contributed by atoms with Crippen LogP contribution < -0.4 is 14.9 Å². The molecular formula is C31H38F3N5O2S. The fourth-order valence-corrected chi connectivity index (χ4v) is 6.66. The first-order valence-electron chi connectivity index (χ1n) is 14.5. The molecule has 2 aromatic rings. The molecule has 7 nitrogen and oxygen atoms in total. The molecule has 2 aliphatic heterocycles. The van der Waals surface area contributed by atoms with Crippen LogP contribution in [0.25, 0.3) is 0 Å². The van der Waals surface area contributed by atoms with Crippen LogP contribution in [0.3, 0.4) is 0 Å². The maximum atomic E-state index is 13.4. The lowest BCUT2D eigenvalue weighted by Crippen LogP contribution is -2.40. The second-order valence-corrected chi connectivity index (χ2v) is 13.1. The van der Waals surface area contributed by atoms with Crippen LogP contribution in [-0.4, -0.2) is 41.7 Å². The van der Waals surface area contributed by atoms with Gasteiger partial charge in [-0.1, -0.05) is 18.6 Å². The lowest BCUT2D eigenvalue weighted by atomic mass is 9.92. The lowest BCUT2D eigenvalue weighted by molar-refractivity contribution is -0.190. The molecule has 5 rings (SSSR count). The number of hydrogen-bond donors (Lipinski definition) is 3. The summed E-state index contributed by atoms with van der Waals surface area (Å²) in [7, 11) is 0. The van der Waals surface area contributed by atoms with Gasteiger partial charge >= 0.3 is 6.18 Å². The minimum atomic E-state index is -4.23. The van der Waals surface area contributed by atoms with E-state index in [0.717, 1.165) is 43.5 Å². The van der Waals surface area contributed by atoms with Crippen molar-refractivity contribution in [1.29, 1.82) is 5.41 Å². The van der Waals surface area contributed by atoms with Crippen molar-refractivity contribution in [2.75, 3.05) is 23.4 Å². The highest BCUT2D eigenvalue weighted by molar-refractivity contribution is 7.98. The predicted molar refractivity (Wildman–Crippen MR) is 160 cm³/mol. The van der Waals surface area contributed by atoms with E-state index in [1.54, 1.807) is 12.1 Å². The lowest BCUT2D eigenvalue weighted by Gasteiger charge is -2.34. The van der Waals surface area contributed by atoms with Gasteiger partial charge in [-0.15, -0.1) is 0 Å². The number of hydrogen-bond acceptors (Lipinski definition) is 7. The van der Waals surface area contributed by atoms with Crippen LogP contribution in [0.4, 0.5) is 24.8 Å². The Labute approximate surface area is 249 Å². The van der Waals surface area contributed by atoms with E-state index in [4.69, 9.17) is 15.1 Å². The fraction of sp³-hybridized carbons (Fsp3) is 0.516. The number of aromatic nitrogens is 1. The van der Waals surface area contributed by atoms with Crippen molar-refractivity contribution in [1.82, 2.24) is 9.71 Å². The molecule has 1 saturated carbocycles. The molecule has 1 aromatic carbocycles. The number of nitrogens with zero attached hydrogens (tertiary/aromatic N) is 2. The van der Waals surface area contributed by atoms with Crippen molar-refractivity contribution in [3.63, 3.8) is 0 Å². The summed E-state index contributed by atoms with van der Waals surface area (Å²) in [6.45, 7) is 5.01. The maximum Gasteiger partial charge on any atom is 0.394 e. The van der Waals surface area contributed by atoms with Crippen LogP contribution in [0.15, 0.2) is 53.6 Å². The Bertz CT molecular complexity index is 1340. The Morgan fingerprint density at radius 1 is 1.26 bits per heavy atom. The van der Waals surface area contributed by atoms with Gasteiger partial charge in [-0.25, -0.2) is 4.98 Å². The minimum absolute atomic E-state index is 0.118. The number of amides is 1. The van der Waals surface area contributed by atoms with E-state index in [-0.39, 0.29) is 43.2 Å². The first-order valence-corrected chi connectivity index (χ1v) is 15.3. The van der Waals surface area contributed by atoms with E-state index in [1.807, 2.05) is 12.1 Å². The summed E-state index contributed by atoms with van der Waals surface area (Å²) in [5.41, 5.74) is -0.0902. The van der Waals surface area contributed by atoms with E-state index in [9.17, 15) is 18.0 Å². The fourth-order valence-electron chi connectivity index (χ4n) is 5.98. The van der Waals surface area contributed by atoms with Crippen LogP contribution in [0.2, 0.25) is 0 Å². The third-order valence-electron chi connectivity index (χ3n) is 8.58. The van der Waals surface area contributed by atoms with Crippen molar-refractivity contribution in [3.8, 4) is 0 Å². The van der Waals surface area contributed by atoms with Gasteiger partial charge < -0.3 is 15.0 Å². The number of carbonyl (C=O) groups is 1. The van der Waals surface area contributed by atoms with Gasteiger partial charge in [0.25, 0.3) is 5.91 Å². The number of ether oxygens (including phenoxy) is 1. The van der Waals surface area contributed by atoms with Gasteiger partial charge in [-0.2, -0.15) is 13.2 Å². The molecule has 1 unspecified atom stereocenters. The number of rotatable bonds is 6. The van der Waals surface area contributed by atoms with Crippen molar-refractivity contribution in [2.45, 2.75) is 81.8 Å². The van der Waals surface area contributed by atoms with Gasteiger partial charge in [0.2, 0.25) is 5.90 Å². The normalized spacial score (nSPS) is 21.6. The van der Waals surface area contributed by atoms with Crippen molar-refractivity contribution >= 4 is 35.4 Å². The Balaban J connectivity index is 1.30. The number of aryl methyl sites for hydroxylation is 1. The molecule has 3 N–H and O–H groups in total. The molecule has 2 fully saturated rings. The van der Waals surface area contributed by atoms with E-state index < -0.39 is 11.6 Å². The van der Waals surface area contributed by atoms with Crippen LogP contribution in [0, 0.1) is 16.7 Å². The molecule has 1 aliphatic carbocycles. The molecule has 1 saturated heterocycles. The average Bonchev–Trinajstić information content (AvgIpc) is 3.67. The second kappa shape index (κ2) is 12.2. The number of nitrogens with one attached hydrogen (secondary N) is 3. The topological polar surface area (TPSA) is 90.3 Å². The standard InChI is InChI=1S/C31H38F3N5O2S/c1-29(2)19-22-7-4-3-6-21-8-5-9-23(18-21)42-38-28(40)24-10-11-26(37-27(24)39(29)20-22)36-16-12-25(35)41-17-15-30(13-14-30)31(32,33)34/h5,8-12,16,18,22,35H,3-4,6-7,13-15,17,19-20H2,1-2H3,(H,36,37)(H,38,40)/b16-12-,35-25?. The highest BCUT2D eigenvalue weighted by Crippen LogP contribution is 2.59. The SMILES string of the molecule is CC1(C)CC2CCCCc3cccc(c3)SNC(=O)c3ccc(N/C=C\C(=N)OCCC4(C(F)(F)F)CC4)nc3N1C2. The highest BCUT2D eigenvalue weighted by atomic mass is 32.2. The number of benzene rings is 1. The van der Waals surface area contributed by atoms with E-state index in [1.165, 1.54) is 29.8 Å². The van der Waals surface area contributed by atoms with Gasteiger partial charge in [0.1, 0.15) is 11.6 Å². The Morgan fingerprint density at radius 3 is 2.83 bits per heavy atom. The van der Waals surface area contributed by atoms with Crippen molar-refractivity contribution in [3.05, 3.63) is 59.8 Å². The van der Waals surface area contributed by atoms with Gasteiger partial charge in [0.15, 0.2) is 0 Å². The zero-order valence-electron chi connectivity index (χ0n) is 24.0. The van der Waals surface area contributed by atoms with Gasteiger partial charge in [0, 0.05) is 29.3 Å². The zero-order chi connectivity index (χ0) is 30.0. The molecular weight excluding hydrogens is 563 g/mol. The quantitative estimate of drug-likeness (QED) is 0.180. The monoisotopic (exact) mass is 601 g/mol. The zero-order valence-corrected chi connectivity index (χ0v) is 24.8. The van der Waals surface area contributed by atoms with Crippen molar-refractivity contribution in [2.24, 2.45) is 11.3 Å². The average molecular weight is 602 g/mol. The summed E-state index contributed by atoms with van der Waals surface area (Å²) in [5, 5.41) is 11.0. The Morgan fingerprint density at radius 2 is 2.07 bits per heavy atom. The van der Waals surface area contributed by atoms with Crippen LogP contribution in [0.1, 0.15) is 74.7 Å². The summed E-state index contributed by atoms with van der Waals surface area (Å²) in [5.74, 6) is 1.10. The number of fused-ring (bicyclic) bond motifs is 6. The number of halogens is 3. The Hall–Kier alpha value is -3.21. The van der Waals surface area contributed by atoms with E-state index in [0.29, 0.717) is 23.1 Å². The molecule has 3 aliphatic rings. The third kappa shape index (κ3) is 7.04. The minimum Gasteiger partial charge on any atom is -0.478 e. The number of anilines is 2. The summed E-state index contributed by atoms with van der Waals surface area (Å²) < 4.78 is 47.5. The number of alkyl halides is 3. The van der Waals surface area contributed by atoms with Gasteiger partial charge in [-0.3, -0.25) is 14.9 Å². The van der Waals surface area contributed by atoms with Crippen LogP contribution >= 0.6 is 11.9 Å². The molecule has 42 heavy (non-hydrogen) atoms.